The van der Waals surface area contributed by atoms with Gasteiger partial charge in [0.15, 0.2) is 0 Å². The summed E-state index contributed by atoms with van der Waals surface area (Å²) in [5.41, 5.74) is 2.25. The first kappa shape index (κ1) is 10.2. The number of aromatic nitrogens is 2. The maximum atomic E-state index is 13.1. The largest absolute Gasteiger partial charge is 0.362 e. The van der Waals surface area contributed by atoms with Crippen molar-refractivity contribution in [3.8, 4) is 0 Å². The number of anilines is 1. The topological polar surface area (TPSA) is 37.8 Å². The van der Waals surface area contributed by atoms with Gasteiger partial charge in [0.25, 0.3) is 0 Å². The van der Waals surface area contributed by atoms with Gasteiger partial charge in [0, 0.05) is 12.4 Å². The van der Waals surface area contributed by atoms with Gasteiger partial charge in [-0.25, -0.2) is 9.37 Å². The van der Waals surface area contributed by atoms with E-state index in [0.717, 1.165) is 29.8 Å². The van der Waals surface area contributed by atoms with Crippen molar-refractivity contribution in [1.29, 1.82) is 0 Å². The fraction of sp³-hybridized carbons (Fsp3) is 0.231. The van der Waals surface area contributed by atoms with Crippen molar-refractivity contribution >= 4 is 5.82 Å². The maximum Gasteiger partial charge on any atom is 0.144 e. The third-order valence-corrected chi connectivity index (χ3v) is 3.07. The van der Waals surface area contributed by atoms with Crippen molar-refractivity contribution in [3.05, 3.63) is 53.7 Å². The van der Waals surface area contributed by atoms with E-state index in [1.807, 2.05) is 6.07 Å². The molecule has 0 unspecified atom stereocenters. The van der Waals surface area contributed by atoms with Gasteiger partial charge in [-0.15, -0.1) is 0 Å². The molecule has 2 aromatic rings. The molecule has 86 valence electrons. The summed E-state index contributed by atoms with van der Waals surface area (Å²) in [5.74, 6) is 0.596. The summed E-state index contributed by atoms with van der Waals surface area (Å²) in [5, 5.41) is 3.32. The first-order chi connectivity index (χ1) is 8.33. The van der Waals surface area contributed by atoms with Gasteiger partial charge < -0.3 is 5.32 Å². The van der Waals surface area contributed by atoms with Crippen LogP contribution in [-0.4, -0.2) is 9.97 Å². The van der Waals surface area contributed by atoms with Crippen LogP contribution in [0.2, 0.25) is 0 Å². The van der Waals surface area contributed by atoms with E-state index >= 15 is 0 Å². The highest BCUT2D eigenvalue weighted by Gasteiger charge is 2.22. The second-order valence-corrected chi connectivity index (χ2v) is 4.17. The Balaban J connectivity index is 1.85. The lowest BCUT2D eigenvalue weighted by atomic mass is 10.1. The minimum absolute atomic E-state index is 0.163. The number of nitrogens with one attached hydrogen (secondary N) is 1. The highest BCUT2D eigenvalue weighted by atomic mass is 19.1. The van der Waals surface area contributed by atoms with Gasteiger partial charge in [-0.3, -0.25) is 4.98 Å². The predicted octanol–water partition coefficient (Wildman–Crippen LogP) is 2.72. The van der Waals surface area contributed by atoms with Crippen molar-refractivity contribution in [2.45, 2.75) is 18.9 Å². The SMILES string of the molecule is Fc1ccc2c(c1)CC[C@H]2Nc1cnccn1. The summed E-state index contributed by atoms with van der Waals surface area (Å²) >= 11 is 0. The molecule has 0 amide bonds. The number of hydrogen-bond donors (Lipinski definition) is 1. The second kappa shape index (κ2) is 4.13. The van der Waals surface area contributed by atoms with Crippen LogP contribution in [0.25, 0.3) is 0 Å². The molecule has 0 fully saturated rings. The lowest BCUT2D eigenvalue weighted by Crippen LogP contribution is -2.08. The number of benzene rings is 1. The van der Waals surface area contributed by atoms with Crippen LogP contribution in [0.15, 0.2) is 36.8 Å². The Morgan fingerprint density at radius 2 is 2.24 bits per heavy atom. The molecule has 0 aliphatic heterocycles. The molecule has 0 radical (unpaired) electrons. The molecule has 1 aliphatic rings. The Morgan fingerprint density at radius 3 is 3.06 bits per heavy atom. The highest BCUT2D eigenvalue weighted by Crippen LogP contribution is 2.33. The summed E-state index contributed by atoms with van der Waals surface area (Å²) in [6, 6.07) is 5.19. The van der Waals surface area contributed by atoms with Crippen LogP contribution in [0.1, 0.15) is 23.6 Å². The van der Waals surface area contributed by atoms with Gasteiger partial charge in [0.2, 0.25) is 0 Å². The lowest BCUT2D eigenvalue weighted by Gasteiger charge is -2.14. The molecule has 0 saturated heterocycles. The average molecular weight is 229 g/mol. The third-order valence-electron chi connectivity index (χ3n) is 3.07. The standard InChI is InChI=1S/C13H12FN3/c14-10-2-3-11-9(7-10)1-4-12(11)17-13-8-15-5-6-16-13/h2-3,5-8,12H,1,4H2,(H,16,17)/t12-/m1/s1. The quantitative estimate of drug-likeness (QED) is 0.860. The van der Waals surface area contributed by atoms with Crippen LogP contribution in [0.4, 0.5) is 10.2 Å². The molecule has 1 aromatic heterocycles. The predicted molar refractivity (Wildman–Crippen MR) is 63.1 cm³/mol. The zero-order valence-corrected chi connectivity index (χ0v) is 9.23. The van der Waals surface area contributed by atoms with Gasteiger partial charge in [0.1, 0.15) is 11.6 Å². The number of halogens is 1. The third kappa shape index (κ3) is 1.98. The molecule has 1 aliphatic carbocycles. The van der Waals surface area contributed by atoms with Gasteiger partial charge in [-0.05, 0) is 36.1 Å². The van der Waals surface area contributed by atoms with Crippen LogP contribution in [-0.2, 0) is 6.42 Å². The zero-order chi connectivity index (χ0) is 11.7. The Bertz CT molecular complexity index is 527. The number of aryl methyl sites for hydroxylation is 1. The van der Waals surface area contributed by atoms with Crippen molar-refractivity contribution in [3.63, 3.8) is 0 Å². The normalized spacial score (nSPS) is 17.8. The van der Waals surface area contributed by atoms with E-state index < -0.39 is 0 Å². The molecule has 0 saturated carbocycles. The van der Waals surface area contributed by atoms with Crippen molar-refractivity contribution in [2.75, 3.05) is 5.32 Å². The first-order valence-electron chi connectivity index (χ1n) is 5.64. The summed E-state index contributed by atoms with van der Waals surface area (Å²) in [7, 11) is 0. The Labute approximate surface area is 98.7 Å². The lowest BCUT2D eigenvalue weighted by molar-refractivity contribution is 0.626. The Morgan fingerprint density at radius 1 is 1.29 bits per heavy atom. The van der Waals surface area contributed by atoms with Crippen LogP contribution in [0.3, 0.4) is 0 Å². The monoisotopic (exact) mass is 229 g/mol. The van der Waals surface area contributed by atoms with Crippen molar-refractivity contribution in [2.24, 2.45) is 0 Å². The number of fused-ring (bicyclic) bond motifs is 1. The molecule has 1 heterocycles. The summed E-state index contributed by atoms with van der Waals surface area (Å²) in [4.78, 5) is 8.20. The molecule has 0 bridgehead atoms. The molecule has 4 heteroatoms. The van der Waals surface area contributed by atoms with Gasteiger partial charge in [0.05, 0.1) is 12.2 Å². The maximum absolute atomic E-state index is 13.1. The Hall–Kier alpha value is -1.97. The summed E-state index contributed by atoms with van der Waals surface area (Å²) < 4.78 is 13.1. The van der Waals surface area contributed by atoms with Crippen molar-refractivity contribution < 1.29 is 4.39 Å². The molecule has 1 atom stereocenters. The summed E-state index contributed by atoms with van der Waals surface area (Å²) in [6.07, 6.45) is 6.87. The fourth-order valence-electron chi connectivity index (χ4n) is 2.29. The van der Waals surface area contributed by atoms with E-state index in [9.17, 15) is 4.39 Å². The molecule has 17 heavy (non-hydrogen) atoms. The number of nitrogens with zero attached hydrogens (tertiary/aromatic N) is 2. The molecule has 1 N–H and O–H groups in total. The molecule has 3 rings (SSSR count). The van der Waals surface area contributed by atoms with E-state index in [2.05, 4.69) is 15.3 Å². The number of hydrogen-bond acceptors (Lipinski definition) is 3. The fourth-order valence-corrected chi connectivity index (χ4v) is 2.29. The van der Waals surface area contributed by atoms with E-state index in [0.29, 0.717) is 0 Å². The molecular weight excluding hydrogens is 217 g/mol. The van der Waals surface area contributed by atoms with Crippen LogP contribution >= 0.6 is 0 Å². The average Bonchev–Trinajstić information content (AvgIpc) is 2.73. The highest BCUT2D eigenvalue weighted by molar-refractivity contribution is 5.42. The van der Waals surface area contributed by atoms with Crippen LogP contribution in [0, 0.1) is 5.82 Å². The van der Waals surface area contributed by atoms with Gasteiger partial charge in [-0.2, -0.15) is 0 Å². The molecule has 0 spiro atoms. The second-order valence-electron chi connectivity index (χ2n) is 4.17. The van der Waals surface area contributed by atoms with Crippen molar-refractivity contribution in [1.82, 2.24) is 9.97 Å². The molecule has 1 aromatic carbocycles. The van der Waals surface area contributed by atoms with Gasteiger partial charge >= 0.3 is 0 Å². The van der Waals surface area contributed by atoms with E-state index in [1.165, 1.54) is 6.07 Å². The Kier molecular flexibility index (Phi) is 2.48. The van der Waals surface area contributed by atoms with E-state index in [-0.39, 0.29) is 11.9 Å². The molecular formula is C13H12FN3. The minimum atomic E-state index is -0.163. The summed E-state index contributed by atoms with van der Waals surface area (Å²) in [6.45, 7) is 0. The first-order valence-corrected chi connectivity index (χ1v) is 5.64. The number of rotatable bonds is 2. The van der Waals surface area contributed by atoms with E-state index in [4.69, 9.17) is 0 Å². The van der Waals surface area contributed by atoms with Crippen LogP contribution < -0.4 is 5.32 Å². The van der Waals surface area contributed by atoms with Gasteiger partial charge in [-0.1, -0.05) is 6.07 Å². The minimum Gasteiger partial charge on any atom is -0.362 e. The zero-order valence-electron chi connectivity index (χ0n) is 9.23. The van der Waals surface area contributed by atoms with E-state index in [1.54, 1.807) is 24.7 Å². The van der Waals surface area contributed by atoms with Crippen LogP contribution in [0.5, 0.6) is 0 Å². The molecule has 3 nitrogen and oxygen atoms in total. The smallest absolute Gasteiger partial charge is 0.144 e.